The molecule has 0 fully saturated rings. The molecule has 0 spiro atoms. The summed E-state index contributed by atoms with van der Waals surface area (Å²) >= 11 is 0. The Hall–Kier alpha value is -0.650. The third kappa shape index (κ3) is 2.17. The lowest BCUT2D eigenvalue weighted by molar-refractivity contribution is 1.77. The molecule has 1 rings (SSSR count). The van der Waals surface area contributed by atoms with Crippen LogP contribution in [0.5, 0.6) is 0 Å². The van der Waals surface area contributed by atoms with Crippen LogP contribution in [-0.2, 0) is 0 Å². The molecule has 12 heavy (non-hydrogen) atoms. The van der Waals surface area contributed by atoms with Gasteiger partial charge in [0.2, 0.25) is 0 Å². The Morgan fingerprint density at radius 2 is 0.917 bits per heavy atom. The lowest BCUT2D eigenvalue weighted by atomic mass is 9.46. The van der Waals surface area contributed by atoms with Crippen LogP contribution in [0.3, 0.4) is 0 Å². The molecule has 2 heteroatoms. The molecule has 0 amide bonds. The van der Waals surface area contributed by atoms with Gasteiger partial charge in [0.15, 0.2) is 13.4 Å². The second kappa shape index (κ2) is 3.84. The van der Waals surface area contributed by atoms with Gasteiger partial charge in [-0.05, 0) is 0 Å². The van der Waals surface area contributed by atoms with E-state index < -0.39 is 0 Å². The minimum absolute atomic E-state index is 0.645. The number of rotatable bonds is 2. The molecule has 0 radical (unpaired) electrons. The van der Waals surface area contributed by atoms with Crippen molar-refractivity contribution in [3.05, 3.63) is 24.3 Å². The van der Waals surface area contributed by atoms with E-state index in [1.807, 2.05) is 0 Å². The van der Waals surface area contributed by atoms with Crippen LogP contribution in [0.15, 0.2) is 24.3 Å². The maximum atomic E-state index is 2.24. The highest BCUT2D eigenvalue weighted by atomic mass is 13.8. The highest BCUT2D eigenvalue weighted by Gasteiger charge is 2.04. The first-order valence-corrected chi connectivity index (χ1v) is 4.71. The molecule has 0 aliphatic carbocycles. The predicted molar refractivity (Wildman–Crippen MR) is 60.7 cm³/mol. The molecule has 1 aromatic rings. The molecule has 0 saturated carbocycles. The molecule has 0 unspecified atom stereocenters. The van der Waals surface area contributed by atoms with Crippen LogP contribution in [0.4, 0.5) is 0 Å². The SMILES string of the molecule is CB(C)c1ccc(B(C)C)cc1. The fourth-order valence-corrected chi connectivity index (χ4v) is 1.27. The monoisotopic (exact) mass is 158 g/mol. The van der Waals surface area contributed by atoms with Gasteiger partial charge in [-0.3, -0.25) is 0 Å². The van der Waals surface area contributed by atoms with Crippen molar-refractivity contribution in [2.24, 2.45) is 0 Å². The minimum Gasteiger partial charge on any atom is -0.0819 e. The van der Waals surface area contributed by atoms with Gasteiger partial charge in [-0.25, -0.2) is 0 Å². The Bertz CT molecular complexity index is 210. The highest BCUT2D eigenvalue weighted by molar-refractivity contribution is 6.72. The van der Waals surface area contributed by atoms with Crippen LogP contribution in [0.2, 0.25) is 27.3 Å². The third-order valence-electron chi connectivity index (χ3n) is 2.27. The van der Waals surface area contributed by atoms with Crippen molar-refractivity contribution in [1.82, 2.24) is 0 Å². The number of benzene rings is 1. The van der Waals surface area contributed by atoms with Crippen molar-refractivity contribution in [3.63, 3.8) is 0 Å². The van der Waals surface area contributed by atoms with Crippen molar-refractivity contribution in [2.75, 3.05) is 0 Å². The first-order valence-electron chi connectivity index (χ1n) is 4.71. The molecule has 62 valence electrons. The molecule has 0 atom stereocenters. The highest BCUT2D eigenvalue weighted by Crippen LogP contribution is 1.89. The summed E-state index contributed by atoms with van der Waals surface area (Å²) < 4.78 is 0. The zero-order chi connectivity index (χ0) is 9.14. The van der Waals surface area contributed by atoms with Gasteiger partial charge < -0.3 is 0 Å². The van der Waals surface area contributed by atoms with Crippen LogP contribution < -0.4 is 10.9 Å². The van der Waals surface area contributed by atoms with Crippen LogP contribution in [-0.4, -0.2) is 13.4 Å². The van der Waals surface area contributed by atoms with Crippen molar-refractivity contribution in [1.29, 1.82) is 0 Å². The van der Waals surface area contributed by atoms with E-state index in [-0.39, 0.29) is 0 Å². The summed E-state index contributed by atoms with van der Waals surface area (Å²) in [7, 11) is 0. The summed E-state index contributed by atoms with van der Waals surface area (Å²) in [5.41, 5.74) is 2.86. The van der Waals surface area contributed by atoms with Gasteiger partial charge >= 0.3 is 0 Å². The first-order chi connectivity index (χ1) is 5.61. The molecule has 0 aliphatic rings. The Kier molecular flexibility index (Phi) is 3.02. The number of hydrogen-bond donors (Lipinski definition) is 0. The van der Waals surface area contributed by atoms with Gasteiger partial charge in [-0.15, -0.1) is 0 Å². The molecule has 0 heterocycles. The molecule has 1 aromatic carbocycles. The molecule has 0 aromatic heterocycles. The van der Waals surface area contributed by atoms with Gasteiger partial charge in [0.05, 0.1) is 0 Å². The maximum absolute atomic E-state index is 2.24. The molecule has 0 aliphatic heterocycles. The normalized spacial score (nSPS) is 9.67. The standard InChI is InChI=1S/C10H16B2/c1-11(2)9-5-7-10(8-6-9)12(3)4/h5-8H,1-4H3. The molecule has 0 bridgehead atoms. The summed E-state index contributed by atoms with van der Waals surface area (Å²) in [6, 6.07) is 8.94. The van der Waals surface area contributed by atoms with Crippen LogP contribution in [0.1, 0.15) is 0 Å². The minimum atomic E-state index is 0.645. The smallest absolute Gasteiger partial charge is 0.0819 e. The fraction of sp³-hybridized carbons (Fsp3) is 0.400. The summed E-state index contributed by atoms with van der Waals surface area (Å²) in [5.74, 6) is 0. The summed E-state index contributed by atoms with van der Waals surface area (Å²) in [6.07, 6.45) is 0. The van der Waals surface area contributed by atoms with Crippen molar-refractivity contribution in [3.8, 4) is 0 Å². The van der Waals surface area contributed by atoms with Crippen molar-refractivity contribution in [2.45, 2.75) is 27.3 Å². The first kappa shape index (κ1) is 9.44. The van der Waals surface area contributed by atoms with E-state index in [9.17, 15) is 0 Å². The zero-order valence-corrected chi connectivity index (χ0v) is 8.46. The topological polar surface area (TPSA) is 0 Å². The van der Waals surface area contributed by atoms with E-state index in [0.717, 1.165) is 0 Å². The predicted octanol–water partition coefficient (Wildman–Crippen LogP) is 1.61. The van der Waals surface area contributed by atoms with Gasteiger partial charge in [0, 0.05) is 0 Å². The van der Waals surface area contributed by atoms with E-state index in [2.05, 4.69) is 51.6 Å². The Balaban J connectivity index is 2.86. The largest absolute Gasteiger partial charge is 0.169 e. The molecule has 0 nitrogen and oxygen atoms in total. The summed E-state index contributed by atoms with van der Waals surface area (Å²) in [5, 5.41) is 0. The van der Waals surface area contributed by atoms with E-state index in [0.29, 0.717) is 13.4 Å². The summed E-state index contributed by atoms with van der Waals surface area (Å²) in [4.78, 5) is 0. The van der Waals surface area contributed by atoms with Crippen molar-refractivity contribution < 1.29 is 0 Å². The fourth-order valence-electron chi connectivity index (χ4n) is 1.27. The average Bonchev–Trinajstić information content (AvgIpc) is 2.04. The Morgan fingerprint density at radius 1 is 0.667 bits per heavy atom. The second-order valence-corrected chi connectivity index (χ2v) is 3.98. The molecular weight excluding hydrogens is 142 g/mol. The van der Waals surface area contributed by atoms with E-state index >= 15 is 0 Å². The lowest BCUT2D eigenvalue weighted by Crippen LogP contribution is -2.28. The maximum Gasteiger partial charge on any atom is 0.169 e. The molecular formula is C10H16B2. The Morgan fingerprint density at radius 3 is 1.08 bits per heavy atom. The van der Waals surface area contributed by atoms with Crippen LogP contribution >= 0.6 is 0 Å². The van der Waals surface area contributed by atoms with Gasteiger partial charge in [-0.2, -0.15) is 0 Å². The molecule has 0 saturated heterocycles. The van der Waals surface area contributed by atoms with Gasteiger partial charge in [-0.1, -0.05) is 62.5 Å². The second-order valence-electron chi connectivity index (χ2n) is 3.98. The third-order valence-corrected chi connectivity index (χ3v) is 2.27. The van der Waals surface area contributed by atoms with E-state index in [1.54, 1.807) is 0 Å². The van der Waals surface area contributed by atoms with E-state index in [1.165, 1.54) is 10.9 Å². The lowest BCUT2D eigenvalue weighted by Gasteiger charge is -2.05. The van der Waals surface area contributed by atoms with Crippen LogP contribution in [0.25, 0.3) is 0 Å². The molecule has 0 N–H and O–H groups in total. The van der Waals surface area contributed by atoms with Gasteiger partial charge in [0.25, 0.3) is 0 Å². The zero-order valence-electron chi connectivity index (χ0n) is 8.46. The van der Waals surface area contributed by atoms with Gasteiger partial charge in [0.1, 0.15) is 0 Å². The van der Waals surface area contributed by atoms with Crippen LogP contribution in [0, 0.1) is 0 Å². The van der Waals surface area contributed by atoms with Crippen molar-refractivity contribution >= 4 is 24.4 Å². The quantitative estimate of drug-likeness (QED) is 0.573. The average molecular weight is 158 g/mol. The Labute approximate surface area is 76.5 Å². The summed E-state index contributed by atoms with van der Waals surface area (Å²) in [6.45, 7) is 10.2. The number of hydrogen-bond acceptors (Lipinski definition) is 0. The van der Waals surface area contributed by atoms with E-state index in [4.69, 9.17) is 0 Å².